The monoisotopic (exact) mass is 282 g/mol. The Morgan fingerprint density at radius 2 is 2.11 bits per heavy atom. The van der Waals surface area contributed by atoms with Crippen LogP contribution in [-0.4, -0.2) is 36.8 Å². The van der Waals surface area contributed by atoms with Crippen molar-refractivity contribution in [3.8, 4) is 0 Å². The van der Waals surface area contributed by atoms with Gasteiger partial charge in [-0.05, 0) is 25.5 Å². The van der Waals surface area contributed by atoms with Gasteiger partial charge in [0.15, 0.2) is 6.67 Å². The average molecular weight is 282 g/mol. The van der Waals surface area contributed by atoms with Crippen molar-refractivity contribution in [2.75, 3.05) is 26.3 Å². The normalized spacial score (nSPS) is 16.5. The maximum absolute atomic E-state index is 11.5. The third kappa shape index (κ3) is 3.02. The summed E-state index contributed by atoms with van der Waals surface area (Å²) in [6.07, 6.45) is 0. The van der Waals surface area contributed by atoms with Gasteiger partial charge in [0.1, 0.15) is 17.7 Å². The molecule has 1 aromatic heterocycles. The molecule has 3 N–H and O–H groups in total. The van der Waals surface area contributed by atoms with Gasteiger partial charge < -0.3 is 15.4 Å². The third-order valence-corrected chi connectivity index (χ3v) is 3.96. The lowest BCUT2D eigenvalue weighted by Crippen LogP contribution is -3.13. The number of aromatic nitrogens is 1. The lowest BCUT2D eigenvalue weighted by molar-refractivity contribution is -0.930. The van der Waals surface area contributed by atoms with Gasteiger partial charge in [0.25, 0.3) is 5.91 Å². The van der Waals surface area contributed by atoms with Crippen LogP contribution >= 0.6 is 12.2 Å². The number of carbonyl (C=O) groups is 1. The molecule has 0 aliphatic carbocycles. The van der Waals surface area contributed by atoms with E-state index < -0.39 is 5.91 Å². The highest BCUT2D eigenvalue weighted by Crippen LogP contribution is 2.12. The minimum absolute atomic E-state index is 0.451. The minimum atomic E-state index is -0.451. The first kappa shape index (κ1) is 14.2. The quantitative estimate of drug-likeness (QED) is 0.755. The van der Waals surface area contributed by atoms with E-state index in [-0.39, 0.29) is 0 Å². The van der Waals surface area contributed by atoms with E-state index in [9.17, 15) is 4.79 Å². The lowest BCUT2D eigenvalue weighted by atomic mass is 10.1. The summed E-state index contributed by atoms with van der Waals surface area (Å²) in [5.41, 5.74) is 7.80. The zero-order valence-corrected chi connectivity index (χ0v) is 12.2. The van der Waals surface area contributed by atoms with Crippen molar-refractivity contribution in [3.63, 3.8) is 0 Å². The smallest absolute Gasteiger partial charge is 0.251 e. The topological polar surface area (TPSA) is 61.7 Å². The van der Waals surface area contributed by atoms with E-state index in [0.29, 0.717) is 10.2 Å². The van der Waals surface area contributed by atoms with Crippen LogP contribution in [0.2, 0.25) is 0 Å². The number of rotatable bonds is 3. The van der Waals surface area contributed by atoms with Crippen LogP contribution in [0.5, 0.6) is 0 Å². The fourth-order valence-corrected chi connectivity index (χ4v) is 2.94. The second-order valence-electron chi connectivity index (χ2n) is 4.96. The molecule has 2 rings (SSSR count). The van der Waals surface area contributed by atoms with Crippen LogP contribution in [-0.2, 0) is 11.4 Å². The molecule has 104 valence electrons. The van der Waals surface area contributed by atoms with Gasteiger partial charge in [-0.25, -0.2) is 0 Å². The summed E-state index contributed by atoms with van der Waals surface area (Å²) in [6, 6.07) is 1.97. The molecule has 1 aromatic rings. The van der Waals surface area contributed by atoms with E-state index in [1.807, 2.05) is 24.5 Å². The highest BCUT2D eigenvalue weighted by molar-refractivity contribution is 7.71. The number of nitrogens with zero attached hydrogens (tertiary/aromatic N) is 1. The molecule has 0 aromatic carbocycles. The van der Waals surface area contributed by atoms with Gasteiger partial charge >= 0.3 is 0 Å². The maximum atomic E-state index is 11.5. The van der Waals surface area contributed by atoms with Gasteiger partial charge in [0.2, 0.25) is 0 Å². The van der Waals surface area contributed by atoms with Crippen molar-refractivity contribution in [1.82, 2.24) is 4.57 Å². The van der Waals surface area contributed by atoms with Crippen LogP contribution in [0.25, 0.3) is 0 Å². The molecular weight excluding hydrogens is 262 g/mol. The van der Waals surface area contributed by atoms with Crippen LogP contribution in [0.15, 0.2) is 6.07 Å². The molecular formula is C13H20N3O2S+. The number of aryl methyl sites for hydroxylation is 2. The summed E-state index contributed by atoms with van der Waals surface area (Å²) >= 11 is 5.43. The Morgan fingerprint density at radius 3 is 2.68 bits per heavy atom. The van der Waals surface area contributed by atoms with Crippen molar-refractivity contribution in [3.05, 3.63) is 27.5 Å². The van der Waals surface area contributed by atoms with Crippen LogP contribution in [0.3, 0.4) is 0 Å². The van der Waals surface area contributed by atoms with E-state index in [0.717, 1.165) is 44.2 Å². The Morgan fingerprint density at radius 1 is 1.47 bits per heavy atom. The van der Waals surface area contributed by atoms with E-state index in [2.05, 4.69) is 0 Å². The van der Waals surface area contributed by atoms with Gasteiger partial charge in [-0.2, -0.15) is 0 Å². The summed E-state index contributed by atoms with van der Waals surface area (Å²) in [7, 11) is 0. The van der Waals surface area contributed by atoms with Crippen LogP contribution in [0.4, 0.5) is 0 Å². The molecule has 0 atom stereocenters. The number of ether oxygens (including phenoxy) is 1. The highest BCUT2D eigenvalue weighted by atomic mass is 32.1. The van der Waals surface area contributed by atoms with Crippen molar-refractivity contribution in [2.24, 2.45) is 5.73 Å². The minimum Gasteiger partial charge on any atom is -0.370 e. The molecule has 2 heterocycles. The molecule has 1 fully saturated rings. The number of pyridine rings is 1. The molecule has 0 bridgehead atoms. The van der Waals surface area contributed by atoms with Crippen molar-refractivity contribution >= 4 is 18.1 Å². The lowest BCUT2D eigenvalue weighted by Gasteiger charge is -2.26. The predicted octanol–water partition coefficient (Wildman–Crippen LogP) is -0.194. The molecule has 5 nitrogen and oxygen atoms in total. The molecule has 0 radical (unpaired) electrons. The molecule has 1 saturated heterocycles. The van der Waals surface area contributed by atoms with Gasteiger partial charge in [0, 0.05) is 5.69 Å². The standard InChI is InChI=1S/C13H19N3O2S/c1-9-7-10(2)16(13(19)11(9)12(14)17)8-15-3-5-18-6-4-15/h7H,3-6,8H2,1-2H3,(H2,14,17)/p+1. The molecule has 1 amide bonds. The number of hydrogen-bond acceptors (Lipinski definition) is 3. The first-order valence-corrected chi connectivity index (χ1v) is 6.83. The number of nitrogens with two attached hydrogens (primary N) is 1. The van der Waals surface area contributed by atoms with Crippen LogP contribution in [0.1, 0.15) is 21.6 Å². The zero-order chi connectivity index (χ0) is 14.0. The summed E-state index contributed by atoms with van der Waals surface area (Å²) < 4.78 is 7.90. The highest BCUT2D eigenvalue weighted by Gasteiger charge is 2.18. The number of primary amides is 1. The van der Waals surface area contributed by atoms with Crippen molar-refractivity contribution in [1.29, 1.82) is 0 Å². The second-order valence-corrected chi connectivity index (χ2v) is 5.35. The van der Waals surface area contributed by atoms with Crippen LogP contribution < -0.4 is 10.6 Å². The van der Waals surface area contributed by atoms with Gasteiger partial charge in [-0.15, -0.1) is 0 Å². The molecule has 1 aliphatic rings. The maximum Gasteiger partial charge on any atom is 0.251 e. The van der Waals surface area contributed by atoms with E-state index >= 15 is 0 Å². The summed E-state index contributed by atoms with van der Waals surface area (Å²) in [6.45, 7) is 8.10. The molecule has 1 aliphatic heterocycles. The summed E-state index contributed by atoms with van der Waals surface area (Å²) in [5.74, 6) is -0.451. The fourth-order valence-electron chi connectivity index (χ4n) is 2.47. The van der Waals surface area contributed by atoms with Crippen molar-refractivity contribution in [2.45, 2.75) is 20.5 Å². The molecule has 0 unspecified atom stereocenters. The first-order chi connectivity index (χ1) is 9.00. The number of morpholine rings is 1. The van der Waals surface area contributed by atoms with E-state index in [4.69, 9.17) is 22.7 Å². The molecule has 6 heteroatoms. The Labute approximate surface area is 118 Å². The molecule has 0 spiro atoms. The summed E-state index contributed by atoms with van der Waals surface area (Å²) in [4.78, 5) is 12.9. The number of nitrogens with one attached hydrogen (secondary N) is 1. The third-order valence-electron chi connectivity index (χ3n) is 3.53. The Hall–Kier alpha value is -1.24. The number of amides is 1. The molecule has 19 heavy (non-hydrogen) atoms. The summed E-state index contributed by atoms with van der Waals surface area (Å²) in [5, 5.41) is 0. The van der Waals surface area contributed by atoms with Crippen molar-refractivity contribution < 1.29 is 14.4 Å². The van der Waals surface area contributed by atoms with E-state index in [1.54, 1.807) is 0 Å². The van der Waals surface area contributed by atoms with Gasteiger partial charge in [-0.3, -0.25) is 9.36 Å². The zero-order valence-electron chi connectivity index (χ0n) is 11.4. The Balaban J connectivity index is 2.36. The average Bonchev–Trinajstić information content (AvgIpc) is 2.35. The SMILES string of the molecule is Cc1cc(C)n(C[NH+]2CCOCC2)c(=S)c1C(N)=O. The number of hydrogen-bond donors (Lipinski definition) is 2. The number of carbonyl (C=O) groups excluding carboxylic acids is 1. The second kappa shape index (κ2) is 5.81. The van der Waals surface area contributed by atoms with Gasteiger partial charge in [-0.1, -0.05) is 12.2 Å². The Kier molecular flexibility index (Phi) is 4.34. The number of quaternary nitrogens is 1. The van der Waals surface area contributed by atoms with Gasteiger partial charge in [0.05, 0.1) is 18.8 Å². The van der Waals surface area contributed by atoms with E-state index in [1.165, 1.54) is 4.90 Å². The fraction of sp³-hybridized carbons (Fsp3) is 0.538. The first-order valence-electron chi connectivity index (χ1n) is 6.43. The molecule has 0 saturated carbocycles. The van der Waals surface area contributed by atoms with Crippen LogP contribution in [0, 0.1) is 18.5 Å². The predicted molar refractivity (Wildman–Crippen MR) is 74.8 cm³/mol. The Bertz CT molecular complexity index is 548. The largest absolute Gasteiger partial charge is 0.370 e.